The van der Waals surface area contributed by atoms with E-state index in [1.165, 1.54) is 0 Å². The Morgan fingerprint density at radius 2 is 2.11 bits per heavy atom. The Balaban J connectivity index is 1.85. The van der Waals surface area contributed by atoms with Gasteiger partial charge in [-0.2, -0.15) is 10.4 Å². The summed E-state index contributed by atoms with van der Waals surface area (Å²) in [6.45, 7) is 0.464. The van der Waals surface area contributed by atoms with Gasteiger partial charge in [-0.3, -0.25) is 9.89 Å². The van der Waals surface area contributed by atoms with Crippen molar-refractivity contribution in [2.45, 2.75) is 13.0 Å². The molecule has 5 heteroatoms. The molecule has 18 heavy (non-hydrogen) atoms. The van der Waals surface area contributed by atoms with Gasteiger partial charge >= 0.3 is 0 Å². The minimum atomic E-state index is -0.0547. The van der Waals surface area contributed by atoms with Crippen LogP contribution in [0.3, 0.4) is 0 Å². The number of aromatic nitrogens is 2. The van der Waals surface area contributed by atoms with Gasteiger partial charge in [-0.15, -0.1) is 0 Å². The van der Waals surface area contributed by atoms with Crippen LogP contribution in [0.25, 0.3) is 0 Å². The Kier molecular flexibility index (Phi) is 3.72. The maximum absolute atomic E-state index is 11.7. The summed E-state index contributed by atoms with van der Waals surface area (Å²) in [6, 6.07) is 9.03. The second-order valence-electron chi connectivity index (χ2n) is 3.87. The van der Waals surface area contributed by atoms with Crippen LogP contribution in [0.5, 0.6) is 0 Å². The van der Waals surface area contributed by atoms with E-state index in [0.29, 0.717) is 18.5 Å². The molecule has 0 atom stereocenters. The number of aromatic amines is 1. The lowest BCUT2D eigenvalue weighted by atomic mass is 10.1. The lowest BCUT2D eigenvalue weighted by molar-refractivity contribution is -0.120. The van der Waals surface area contributed by atoms with Crippen molar-refractivity contribution >= 4 is 5.91 Å². The first-order valence-corrected chi connectivity index (χ1v) is 5.51. The summed E-state index contributed by atoms with van der Waals surface area (Å²) < 4.78 is 0. The zero-order valence-electron chi connectivity index (χ0n) is 9.68. The fourth-order valence-electron chi connectivity index (χ4n) is 1.52. The van der Waals surface area contributed by atoms with E-state index >= 15 is 0 Å². The molecule has 2 aromatic rings. The smallest absolute Gasteiger partial charge is 0.224 e. The molecule has 0 fully saturated rings. The molecule has 0 aliphatic rings. The molecule has 0 bridgehead atoms. The monoisotopic (exact) mass is 240 g/mol. The molecule has 1 amide bonds. The van der Waals surface area contributed by atoms with Crippen LogP contribution < -0.4 is 5.32 Å². The summed E-state index contributed by atoms with van der Waals surface area (Å²) in [5.74, 6) is -0.0547. The number of nitrogens with zero attached hydrogens (tertiary/aromatic N) is 2. The molecule has 0 radical (unpaired) electrons. The second-order valence-corrected chi connectivity index (χ2v) is 3.87. The highest BCUT2D eigenvalue weighted by Gasteiger charge is 2.03. The highest BCUT2D eigenvalue weighted by atomic mass is 16.1. The number of benzene rings is 1. The summed E-state index contributed by atoms with van der Waals surface area (Å²) in [5.41, 5.74) is 2.42. The normalized spacial score (nSPS) is 9.72. The predicted molar refractivity (Wildman–Crippen MR) is 65.3 cm³/mol. The van der Waals surface area contributed by atoms with Crippen molar-refractivity contribution in [1.82, 2.24) is 15.5 Å². The molecule has 0 aliphatic carbocycles. The molecule has 0 aliphatic heterocycles. The third-order valence-corrected chi connectivity index (χ3v) is 2.49. The molecule has 0 unspecified atom stereocenters. The summed E-state index contributed by atoms with van der Waals surface area (Å²) in [6.07, 6.45) is 3.72. The Bertz CT molecular complexity index is 552. The maximum atomic E-state index is 11.7. The van der Waals surface area contributed by atoms with Gasteiger partial charge in [0.2, 0.25) is 5.91 Å². The largest absolute Gasteiger partial charge is 0.352 e. The van der Waals surface area contributed by atoms with Crippen LogP contribution in [-0.4, -0.2) is 16.1 Å². The van der Waals surface area contributed by atoms with Gasteiger partial charge in [0.25, 0.3) is 0 Å². The van der Waals surface area contributed by atoms with E-state index in [4.69, 9.17) is 5.26 Å². The van der Waals surface area contributed by atoms with E-state index in [1.807, 2.05) is 6.07 Å². The third-order valence-electron chi connectivity index (χ3n) is 2.49. The van der Waals surface area contributed by atoms with E-state index in [0.717, 1.165) is 11.1 Å². The van der Waals surface area contributed by atoms with Gasteiger partial charge in [0.05, 0.1) is 24.3 Å². The van der Waals surface area contributed by atoms with Crippen LogP contribution in [0.4, 0.5) is 0 Å². The number of hydrogen-bond donors (Lipinski definition) is 2. The third kappa shape index (κ3) is 3.19. The number of rotatable bonds is 4. The van der Waals surface area contributed by atoms with Crippen LogP contribution in [0, 0.1) is 11.3 Å². The number of H-pyrrole nitrogens is 1. The van der Waals surface area contributed by atoms with Crippen molar-refractivity contribution in [2.24, 2.45) is 0 Å². The molecule has 90 valence electrons. The van der Waals surface area contributed by atoms with Crippen molar-refractivity contribution in [2.75, 3.05) is 0 Å². The Hall–Kier alpha value is -2.61. The van der Waals surface area contributed by atoms with Crippen molar-refractivity contribution in [3.63, 3.8) is 0 Å². The Morgan fingerprint density at radius 3 is 2.72 bits per heavy atom. The van der Waals surface area contributed by atoms with E-state index in [9.17, 15) is 4.79 Å². The Morgan fingerprint density at radius 1 is 1.33 bits per heavy atom. The topological polar surface area (TPSA) is 81.6 Å². The molecule has 1 heterocycles. The fourth-order valence-corrected chi connectivity index (χ4v) is 1.52. The van der Waals surface area contributed by atoms with Crippen molar-refractivity contribution in [3.8, 4) is 6.07 Å². The molecule has 0 saturated carbocycles. The summed E-state index contributed by atoms with van der Waals surface area (Å²) in [5, 5.41) is 17.9. The first-order chi connectivity index (χ1) is 8.78. The minimum Gasteiger partial charge on any atom is -0.352 e. The molecular weight excluding hydrogens is 228 g/mol. The first-order valence-electron chi connectivity index (χ1n) is 5.51. The number of carbonyl (C=O) groups is 1. The number of amides is 1. The molecule has 5 nitrogen and oxygen atoms in total. The minimum absolute atomic E-state index is 0.0547. The molecule has 0 spiro atoms. The van der Waals surface area contributed by atoms with Gasteiger partial charge in [-0.25, -0.2) is 0 Å². The fraction of sp³-hybridized carbons (Fsp3) is 0.154. The average Bonchev–Trinajstić information content (AvgIpc) is 2.90. The maximum Gasteiger partial charge on any atom is 0.224 e. The zero-order valence-corrected chi connectivity index (χ0v) is 9.68. The van der Waals surface area contributed by atoms with Gasteiger partial charge in [0, 0.05) is 18.3 Å². The molecular formula is C13H12N4O. The van der Waals surface area contributed by atoms with Crippen LogP contribution >= 0.6 is 0 Å². The van der Waals surface area contributed by atoms with Crippen molar-refractivity contribution in [3.05, 3.63) is 53.3 Å². The van der Waals surface area contributed by atoms with Crippen molar-refractivity contribution < 1.29 is 4.79 Å². The number of nitrogens with one attached hydrogen (secondary N) is 2. The lowest BCUT2D eigenvalue weighted by Gasteiger charge is -2.03. The molecule has 2 N–H and O–H groups in total. The van der Waals surface area contributed by atoms with Crippen LogP contribution in [-0.2, 0) is 17.8 Å². The highest BCUT2D eigenvalue weighted by molar-refractivity contribution is 5.78. The SMILES string of the molecule is N#Cc1ccc(CC(=O)NCc2cn[nH]c2)cc1. The standard InChI is InChI=1S/C13H12N4O/c14-6-11-3-1-10(2-4-11)5-13(18)15-7-12-8-16-17-9-12/h1-4,8-9H,5,7H2,(H,15,18)(H,16,17). The number of hydrogen-bond acceptors (Lipinski definition) is 3. The van der Waals surface area contributed by atoms with Gasteiger partial charge in [-0.1, -0.05) is 12.1 Å². The van der Waals surface area contributed by atoms with Crippen LogP contribution in [0.2, 0.25) is 0 Å². The van der Waals surface area contributed by atoms with Crippen LogP contribution in [0.1, 0.15) is 16.7 Å². The van der Waals surface area contributed by atoms with Crippen LogP contribution in [0.15, 0.2) is 36.7 Å². The molecule has 1 aromatic heterocycles. The van der Waals surface area contributed by atoms with Gasteiger partial charge in [0.15, 0.2) is 0 Å². The van der Waals surface area contributed by atoms with E-state index < -0.39 is 0 Å². The molecule has 0 saturated heterocycles. The summed E-state index contributed by atoms with van der Waals surface area (Å²) in [4.78, 5) is 11.7. The number of nitriles is 1. The van der Waals surface area contributed by atoms with Crippen molar-refractivity contribution in [1.29, 1.82) is 5.26 Å². The summed E-state index contributed by atoms with van der Waals surface area (Å²) >= 11 is 0. The van der Waals surface area contributed by atoms with E-state index in [1.54, 1.807) is 36.7 Å². The average molecular weight is 240 g/mol. The predicted octanol–water partition coefficient (Wildman–Crippen LogP) is 1.14. The quantitative estimate of drug-likeness (QED) is 0.840. The van der Waals surface area contributed by atoms with Gasteiger partial charge in [-0.05, 0) is 17.7 Å². The zero-order chi connectivity index (χ0) is 12.8. The molecule has 1 aromatic carbocycles. The van der Waals surface area contributed by atoms with E-state index in [2.05, 4.69) is 15.5 Å². The Labute approximate surface area is 104 Å². The highest BCUT2D eigenvalue weighted by Crippen LogP contribution is 2.04. The lowest BCUT2D eigenvalue weighted by Crippen LogP contribution is -2.24. The second kappa shape index (κ2) is 5.64. The number of carbonyl (C=O) groups excluding carboxylic acids is 1. The molecule has 2 rings (SSSR count). The summed E-state index contributed by atoms with van der Waals surface area (Å²) in [7, 11) is 0. The van der Waals surface area contributed by atoms with E-state index in [-0.39, 0.29) is 5.91 Å². The van der Waals surface area contributed by atoms with Gasteiger partial charge in [0.1, 0.15) is 0 Å². The first kappa shape index (κ1) is 11.9. The van der Waals surface area contributed by atoms with Gasteiger partial charge < -0.3 is 5.32 Å².